The second-order valence-electron chi connectivity index (χ2n) is 14.2. The van der Waals surface area contributed by atoms with Gasteiger partial charge in [-0.15, -0.1) is 17.9 Å². The number of hydrogen-bond donors (Lipinski definition) is 7. The van der Waals surface area contributed by atoms with Crippen molar-refractivity contribution in [3.8, 4) is 0 Å². The number of likely N-dealkylation sites (tertiary alicyclic amines) is 1. The Hall–Kier alpha value is -4.02. The first kappa shape index (κ1) is 42.4. The molecule has 7 N–H and O–H groups in total. The predicted molar refractivity (Wildman–Crippen MR) is 190 cm³/mol. The van der Waals surface area contributed by atoms with Gasteiger partial charge >= 0.3 is 12.2 Å². The Labute approximate surface area is 308 Å². The molecule has 0 spiro atoms. The van der Waals surface area contributed by atoms with Gasteiger partial charge in [0.25, 0.3) is 5.78 Å². The molecule has 0 radical (unpaired) electrons. The first-order chi connectivity index (χ1) is 24.7. The molecule has 52 heavy (non-hydrogen) atoms. The Morgan fingerprint density at radius 2 is 1.71 bits per heavy atom. The Balaban J connectivity index is 1.37. The van der Waals surface area contributed by atoms with Crippen molar-refractivity contribution in [2.24, 2.45) is 5.92 Å². The lowest BCUT2D eigenvalue weighted by Gasteiger charge is -2.30. The number of ketones is 1. The average molecular weight is 750 g/mol. The number of thioether (sulfide) groups is 1. The number of hydrogen-bond acceptors (Lipinski definition) is 10. The van der Waals surface area contributed by atoms with Gasteiger partial charge < -0.3 is 41.9 Å². The average Bonchev–Trinajstić information content (AvgIpc) is 3.79. The lowest BCUT2D eigenvalue weighted by atomic mass is 10.0. The Morgan fingerprint density at radius 1 is 1.00 bits per heavy atom. The van der Waals surface area contributed by atoms with Crippen LogP contribution in [0.4, 0.5) is 4.79 Å². The summed E-state index contributed by atoms with van der Waals surface area (Å²) in [7, 11) is 0. The van der Waals surface area contributed by atoms with E-state index in [1.807, 2.05) is 13.8 Å². The molecule has 0 aliphatic carbocycles. The molecule has 3 rings (SSSR count). The highest BCUT2D eigenvalue weighted by Crippen LogP contribution is 2.37. The summed E-state index contributed by atoms with van der Waals surface area (Å²) in [5.41, 5.74) is 6.79. The molecule has 0 bridgehead atoms. The number of carbonyl (C=O) groups excluding carboxylic acids is 7. The molecule has 3 aliphatic heterocycles. The second-order valence-corrected chi connectivity index (χ2v) is 15.7. The van der Waals surface area contributed by atoms with Gasteiger partial charge in [-0.3, -0.25) is 28.8 Å². The van der Waals surface area contributed by atoms with Crippen molar-refractivity contribution in [2.45, 2.75) is 145 Å². The van der Waals surface area contributed by atoms with Crippen molar-refractivity contribution < 1.29 is 43.5 Å². The molecular formula is C34H55N9O8S. The molecule has 8 atom stereocenters. The third-order valence-electron chi connectivity index (χ3n) is 9.34. The molecule has 3 fully saturated rings. The summed E-state index contributed by atoms with van der Waals surface area (Å²) in [4.78, 5) is 92.5. The quantitative estimate of drug-likeness (QED) is 0.0345. The lowest BCUT2D eigenvalue weighted by molar-refractivity contribution is -0.416. The number of urea groups is 1. The van der Waals surface area contributed by atoms with Gasteiger partial charge in [-0.2, -0.15) is 0 Å². The van der Waals surface area contributed by atoms with Crippen LogP contribution in [0.15, 0.2) is 0 Å². The number of nitrogens with zero attached hydrogens (tertiary/aromatic N) is 2. The zero-order chi connectivity index (χ0) is 38.4. The van der Waals surface area contributed by atoms with Crippen LogP contribution in [0.2, 0.25) is 0 Å². The van der Waals surface area contributed by atoms with E-state index in [0.717, 1.165) is 25.7 Å². The second kappa shape index (κ2) is 20.9. The van der Waals surface area contributed by atoms with E-state index >= 15 is 0 Å². The molecule has 17 nitrogen and oxygen atoms in total. The van der Waals surface area contributed by atoms with E-state index in [2.05, 4.69) is 36.7 Å². The Morgan fingerprint density at radius 3 is 2.38 bits per heavy atom. The third kappa shape index (κ3) is 13.2. The molecule has 0 aromatic carbocycles. The minimum atomic E-state index is -1.52. The molecule has 0 aromatic rings. The minimum Gasteiger partial charge on any atom is -0.850 e. The zero-order valence-electron chi connectivity index (χ0n) is 30.5. The van der Waals surface area contributed by atoms with Gasteiger partial charge in [0, 0.05) is 31.2 Å². The fraction of sp³-hybridized carbons (Fsp3) is 0.765. The van der Waals surface area contributed by atoms with Crippen LogP contribution in [0.1, 0.15) is 98.3 Å². The topological polar surface area (TPSA) is 256 Å². The number of amides is 7. The van der Waals surface area contributed by atoms with Crippen LogP contribution >= 0.6 is 11.8 Å². The summed E-state index contributed by atoms with van der Waals surface area (Å²) in [6.07, 6.45) is 5.77. The first-order valence-electron chi connectivity index (χ1n) is 18.3. The molecule has 290 valence electrons. The van der Waals surface area contributed by atoms with Crippen molar-refractivity contribution in [2.75, 3.05) is 13.1 Å². The number of carbonyl (C=O) groups is 7. The van der Waals surface area contributed by atoms with E-state index in [9.17, 15) is 38.7 Å². The van der Waals surface area contributed by atoms with Gasteiger partial charge in [-0.1, -0.05) is 27.2 Å². The van der Waals surface area contributed by atoms with Gasteiger partial charge in [0.15, 0.2) is 0 Å². The zero-order valence-corrected chi connectivity index (χ0v) is 31.4. The molecule has 0 aromatic heterocycles. The van der Waals surface area contributed by atoms with Gasteiger partial charge in [0.2, 0.25) is 29.5 Å². The van der Waals surface area contributed by atoms with E-state index in [4.69, 9.17) is 5.53 Å². The molecule has 7 amide bonds. The van der Waals surface area contributed by atoms with Crippen LogP contribution in [-0.4, -0.2) is 117 Å². The van der Waals surface area contributed by atoms with Crippen molar-refractivity contribution in [1.82, 2.24) is 36.8 Å². The van der Waals surface area contributed by atoms with Crippen molar-refractivity contribution >= 4 is 59.3 Å². The highest BCUT2D eigenvalue weighted by atomic mass is 32.2. The molecule has 3 saturated heterocycles. The van der Waals surface area contributed by atoms with E-state index < -0.39 is 47.9 Å². The number of unbranched alkanes of at least 4 members (excludes halogenated alkanes) is 2. The molecule has 18 heteroatoms. The first-order valence-corrected chi connectivity index (χ1v) is 19.2. The number of fused-ring (bicyclic) bond motifs is 1. The number of rotatable bonds is 21. The van der Waals surface area contributed by atoms with Crippen LogP contribution in [0.3, 0.4) is 0 Å². The van der Waals surface area contributed by atoms with Gasteiger partial charge in [0.05, 0.1) is 27.8 Å². The predicted octanol–water partition coefficient (Wildman–Crippen LogP) is -0.514. The van der Waals surface area contributed by atoms with Crippen LogP contribution in [0.25, 0.3) is 0 Å². The Kier molecular flexibility index (Phi) is 17.0. The number of nitrogens with one attached hydrogen (secondary N) is 7. The molecular weight excluding hydrogens is 694 g/mol. The summed E-state index contributed by atoms with van der Waals surface area (Å²) in [6.45, 7) is 7.18. The normalized spacial score (nSPS) is 22.9. The SMILES string of the molecule is CC(C)C[C@H](NC(=O)CCCCNC(=O)CCCCC1CC2NC(=O)NC2S1)C(=O)N1CCC[C@H]1C(=O)N[C@@H](C)C(=O)N[C@H](C(=O)C=[N+]=N)C(C)[O-]. The molecule has 4 unspecified atom stereocenters. The van der Waals surface area contributed by atoms with E-state index in [-0.39, 0.29) is 47.5 Å². The summed E-state index contributed by atoms with van der Waals surface area (Å²) >= 11 is 1.79. The Bertz CT molecular complexity index is 1340. The monoisotopic (exact) mass is 749 g/mol. The molecule has 3 heterocycles. The fourth-order valence-corrected chi connectivity index (χ4v) is 8.20. The van der Waals surface area contributed by atoms with Gasteiger partial charge in [-0.05, 0) is 64.2 Å². The standard InChI is InChI=1S/C34H55N9O8S/c1-19(2)16-24(33(50)43-15-9-11-25(43)31(49)38-20(3)30(48)41-29(21(4)44)26(45)18-37-35)39-28(47)13-7-8-14-36-27(46)12-6-5-10-22-17-23-32(52-22)42-34(51)40-23/h18-25,29,32,35H,5-17H2,1-4H3,(H,36,46)(H,38,49)(H,39,47)(H,41,48)(H2,40,42,51)/t20-,21?,22?,23?,24-,25-,29-,32?/m0/s1. The van der Waals surface area contributed by atoms with Crippen LogP contribution in [0.5, 0.6) is 0 Å². The minimum absolute atomic E-state index is 0.0252. The van der Waals surface area contributed by atoms with Crippen LogP contribution < -0.4 is 37.0 Å². The van der Waals surface area contributed by atoms with Crippen LogP contribution in [0, 0.1) is 11.4 Å². The van der Waals surface area contributed by atoms with Crippen molar-refractivity contribution in [3.63, 3.8) is 0 Å². The van der Waals surface area contributed by atoms with Crippen molar-refractivity contribution in [3.05, 3.63) is 0 Å². The van der Waals surface area contributed by atoms with Crippen molar-refractivity contribution in [1.29, 1.82) is 5.53 Å². The van der Waals surface area contributed by atoms with Gasteiger partial charge in [-0.25, -0.2) is 4.79 Å². The highest BCUT2D eigenvalue weighted by molar-refractivity contribution is 8.00. The summed E-state index contributed by atoms with van der Waals surface area (Å²) in [6, 6.07) is -4.21. The van der Waals surface area contributed by atoms with E-state index in [1.54, 1.807) is 11.8 Å². The maximum atomic E-state index is 13.7. The lowest BCUT2D eigenvalue weighted by Crippen LogP contribution is -2.59. The fourth-order valence-electron chi connectivity index (χ4n) is 6.62. The van der Waals surface area contributed by atoms with E-state index in [1.165, 1.54) is 18.7 Å². The summed E-state index contributed by atoms with van der Waals surface area (Å²) in [5, 5.41) is 29.0. The van der Waals surface area contributed by atoms with Gasteiger partial charge in [0.1, 0.15) is 18.1 Å². The number of Topliss-reactive ketones (excluding diaryl/α,β-unsaturated/α-hetero) is 1. The summed E-state index contributed by atoms with van der Waals surface area (Å²) in [5.74, 6) is -2.83. The molecule has 0 saturated carbocycles. The van der Waals surface area contributed by atoms with Crippen LogP contribution in [-0.2, 0) is 28.8 Å². The molecule has 3 aliphatic rings. The summed E-state index contributed by atoms with van der Waals surface area (Å²) < 4.78 is 0. The smallest absolute Gasteiger partial charge is 0.374 e. The maximum Gasteiger partial charge on any atom is 0.374 e. The van der Waals surface area contributed by atoms with E-state index in [0.29, 0.717) is 63.1 Å². The third-order valence-corrected chi connectivity index (χ3v) is 10.9. The highest BCUT2D eigenvalue weighted by Gasteiger charge is 2.41. The largest absolute Gasteiger partial charge is 0.850 e. The maximum absolute atomic E-state index is 13.7.